The molecule has 1 fully saturated rings. The highest BCUT2D eigenvalue weighted by Gasteiger charge is 2.57. The van der Waals surface area contributed by atoms with Crippen LogP contribution in [0.1, 0.15) is 45.5 Å². The topological polar surface area (TPSA) is 74.7 Å². The molecule has 2 amide bonds. The van der Waals surface area contributed by atoms with Gasteiger partial charge in [-0.3, -0.25) is 19.3 Å². The molecule has 0 bridgehead atoms. The molecule has 25 heavy (non-hydrogen) atoms. The molecule has 0 aromatic heterocycles. The Morgan fingerprint density at radius 3 is 2.08 bits per heavy atom. The van der Waals surface area contributed by atoms with E-state index in [4.69, 9.17) is 0 Å². The highest BCUT2D eigenvalue weighted by molar-refractivity contribution is 6.21. The molecule has 1 saturated carbocycles. The minimum absolute atomic E-state index is 0.353. The maximum atomic E-state index is 12.8. The maximum absolute atomic E-state index is 12.8. The second kappa shape index (κ2) is 5.55. The van der Waals surface area contributed by atoms with Crippen molar-refractivity contribution in [2.75, 3.05) is 0 Å². The van der Waals surface area contributed by atoms with Crippen LogP contribution in [0, 0.1) is 0 Å². The van der Waals surface area contributed by atoms with E-state index in [-0.39, 0.29) is 0 Å². The number of imide groups is 1. The quantitative estimate of drug-likeness (QED) is 0.875. The van der Waals surface area contributed by atoms with E-state index in [1.165, 1.54) is 4.90 Å². The number of hydrogen-bond donors (Lipinski definition) is 1. The van der Waals surface area contributed by atoms with Gasteiger partial charge in [0.25, 0.3) is 11.8 Å². The number of fused-ring (bicyclic) bond motifs is 1. The Balaban J connectivity index is 1.84. The normalized spacial score (nSPS) is 25.3. The SMILES string of the molecule is O=C1c2ccccc2C(=O)N1C1CCCC1(C(=O)O)c1ccccc1. The Hall–Kier alpha value is -2.95. The molecule has 126 valence electrons. The summed E-state index contributed by atoms with van der Waals surface area (Å²) < 4.78 is 0. The Kier molecular flexibility index (Phi) is 3.46. The van der Waals surface area contributed by atoms with Gasteiger partial charge in [0.2, 0.25) is 0 Å². The first kappa shape index (κ1) is 15.6. The number of hydrogen-bond acceptors (Lipinski definition) is 3. The molecule has 2 aromatic rings. The van der Waals surface area contributed by atoms with Crippen molar-refractivity contribution >= 4 is 17.8 Å². The number of rotatable bonds is 3. The summed E-state index contributed by atoms with van der Waals surface area (Å²) in [6, 6.07) is 14.9. The van der Waals surface area contributed by atoms with Crippen LogP contribution in [0.3, 0.4) is 0 Å². The number of amides is 2. The third-order valence-electron chi connectivity index (χ3n) is 5.43. The van der Waals surface area contributed by atoms with Crippen LogP contribution in [-0.4, -0.2) is 33.8 Å². The van der Waals surface area contributed by atoms with E-state index in [0.717, 1.165) is 0 Å². The number of nitrogens with zero attached hydrogens (tertiary/aromatic N) is 1. The van der Waals surface area contributed by atoms with E-state index in [1.54, 1.807) is 48.5 Å². The van der Waals surface area contributed by atoms with E-state index in [0.29, 0.717) is 36.0 Å². The number of aliphatic carboxylic acids is 1. The van der Waals surface area contributed by atoms with Crippen molar-refractivity contribution in [1.82, 2.24) is 4.90 Å². The Morgan fingerprint density at radius 2 is 1.52 bits per heavy atom. The van der Waals surface area contributed by atoms with E-state index < -0.39 is 29.2 Å². The van der Waals surface area contributed by atoms with Gasteiger partial charge in [-0.1, -0.05) is 42.5 Å². The molecule has 2 unspecified atom stereocenters. The number of carbonyl (C=O) groups excluding carboxylic acids is 2. The fraction of sp³-hybridized carbons (Fsp3) is 0.250. The average molecular weight is 335 g/mol. The number of carboxylic acids is 1. The van der Waals surface area contributed by atoms with Crippen molar-refractivity contribution < 1.29 is 19.5 Å². The molecule has 1 N–H and O–H groups in total. The first-order chi connectivity index (χ1) is 12.1. The van der Waals surface area contributed by atoms with Crippen molar-refractivity contribution in [2.24, 2.45) is 0 Å². The van der Waals surface area contributed by atoms with Crippen LogP contribution >= 0.6 is 0 Å². The lowest BCUT2D eigenvalue weighted by Gasteiger charge is -2.36. The summed E-state index contributed by atoms with van der Waals surface area (Å²) in [6.45, 7) is 0. The Labute approximate surface area is 144 Å². The molecule has 5 heteroatoms. The van der Waals surface area contributed by atoms with E-state index in [1.807, 2.05) is 6.07 Å². The minimum atomic E-state index is -1.26. The standard InChI is InChI=1S/C20H17NO4/c22-17-14-9-4-5-10-15(14)18(23)21(17)16-11-6-12-20(16,19(24)25)13-7-2-1-3-8-13/h1-5,7-10,16H,6,11-12H2,(H,24,25). The van der Waals surface area contributed by atoms with Gasteiger partial charge in [0.05, 0.1) is 17.2 Å². The van der Waals surface area contributed by atoms with Gasteiger partial charge in [-0.05, 0) is 37.0 Å². The zero-order chi connectivity index (χ0) is 17.6. The second-order valence-electron chi connectivity index (χ2n) is 6.58. The third-order valence-corrected chi connectivity index (χ3v) is 5.43. The van der Waals surface area contributed by atoms with Gasteiger partial charge in [-0.15, -0.1) is 0 Å². The van der Waals surface area contributed by atoms with Crippen LogP contribution < -0.4 is 0 Å². The van der Waals surface area contributed by atoms with Gasteiger partial charge >= 0.3 is 5.97 Å². The lowest BCUT2D eigenvalue weighted by Crippen LogP contribution is -2.53. The second-order valence-corrected chi connectivity index (χ2v) is 6.58. The minimum Gasteiger partial charge on any atom is -0.481 e. The lowest BCUT2D eigenvalue weighted by molar-refractivity contribution is -0.145. The number of benzene rings is 2. The predicted octanol–water partition coefficient (Wildman–Crippen LogP) is 2.86. The molecule has 0 radical (unpaired) electrons. The van der Waals surface area contributed by atoms with Crippen LogP contribution in [-0.2, 0) is 10.2 Å². The molecule has 0 spiro atoms. The summed E-state index contributed by atoms with van der Waals surface area (Å²) in [5.41, 5.74) is 0.0919. The van der Waals surface area contributed by atoms with Crippen molar-refractivity contribution in [3.8, 4) is 0 Å². The van der Waals surface area contributed by atoms with Crippen molar-refractivity contribution in [3.05, 3.63) is 71.3 Å². The van der Waals surface area contributed by atoms with Gasteiger partial charge in [0, 0.05) is 0 Å². The van der Waals surface area contributed by atoms with Crippen molar-refractivity contribution in [2.45, 2.75) is 30.7 Å². The summed E-state index contributed by atoms with van der Waals surface area (Å²) in [4.78, 5) is 39.2. The van der Waals surface area contributed by atoms with Crippen molar-refractivity contribution in [1.29, 1.82) is 0 Å². The summed E-state index contributed by atoms with van der Waals surface area (Å²) in [7, 11) is 0. The van der Waals surface area contributed by atoms with E-state index in [9.17, 15) is 19.5 Å². The van der Waals surface area contributed by atoms with Gasteiger partial charge in [-0.25, -0.2) is 0 Å². The smallest absolute Gasteiger partial charge is 0.316 e. The molecule has 2 aliphatic rings. The molecule has 2 atom stereocenters. The molecular weight excluding hydrogens is 318 g/mol. The van der Waals surface area contributed by atoms with Gasteiger partial charge in [0.15, 0.2) is 0 Å². The zero-order valence-electron chi connectivity index (χ0n) is 13.5. The van der Waals surface area contributed by atoms with Crippen LogP contribution in [0.5, 0.6) is 0 Å². The van der Waals surface area contributed by atoms with Crippen LogP contribution in [0.25, 0.3) is 0 Å². The maximum Gasteiger partial charge on any atom is 0.316 e. The summed E-state index contributed by atoms with van der Waals surface area (Å²) in [6.07, 6.45) is 1.55. The van der Waals surface area contributed by atoms with E-state index in [2.05, 4.69) is 0 Å². The first-order valence-corrected chi connectivity index (χ1v) is 8.33. The molecule has 1 aliphatic heterocycles. The molecule has 5 nitrogen and oxygen atoms in total. The van der Waals surface area contributed by atoms with Crippen LogP contribution in [0.4, 0.5) is 0 Å². The van der Waals surface area contributed by atoms with Gasteiger partial charge in [0.1, 0.15) is 5.41 Å². The molecule has 2 aromatic carbocycles. The van der Waals surface area contributed by atoms with Gasteiger partial charge in [-0.2, -0.15) is 0 Å². The summed E-state index contributed by atoms with van der Waals surface area (Å²) in [5, 5.41) is 10.1. The van der Waals surface area contributed by atoms with Crippen LogP contribution in [0.2, 0.25) is 0 Å². The zero-order valence-corrected chi connectivity index (χ0v) is 13.5. The molecule has 1 heterocycles. The fourth-order valence-electron chi connectivity index (χ4n) is 4.27. The molecule has 4 rings (SSSR count). The average Bonchev–Trinajstić information content (AvgIpc) is 3.17. The predicted molar refractivity (Wildman–Crippen MR) is 90.3 cm³/mol. The third kappa shape index (κ3) is 2.05. The highest BCUT2D eigenvalue weighted by atomic mass is 16.4. The van der Waals surface area contributed by atoms with Gasteiger partial charge < -0.3 is 5.11 Å². The number of carboxylic acid groups (broad SMARTS) is 1. The highest BCUT2D eigenvalue weighted by Crippen LogP contribution is 2.46. The molecule has 1 aliphatic carbocycles. The monoisotopic (exact) mass is 335 g/mol. The largest absolute Gasteiger partial charge is 0.481 e. The van der Waals surface area contributed by atoms with Crippen molar-refractivity contribution in [3.63, 3.8) is 0 Å². The Bertz CT molecular complexity index is 841. The summed E-state index contributed by atoms with van der Waals surface area (Å²) in [5.74, 6) is -1.78. The van der Waals surface area contributed by atoms with Crippen LogP contribution in [0.15, 0.2) is 54.6 Å². The first-order valence-electron chi connectivity index (χ1n) is 8.33. The number of carbonyl (C=O) groups is 3. The molecule has 0 saturated heterocycles. The fourth-order valence-corrected chi connectivity index (χ4v) is 4.27. The Morgan fingerprint density at radius 1 is 0.960 bits per heavy atom. The lowest BCUT2D eigenvalue weighted by atomic mass is 9.75. The summed E-state index contributed by atoms with van der Waals surface area (Å²) >= 11 is 0. The molecular formula is C20H17NO4. The van der Waals surface area contributed by atoms with E-state index >= 15 is 0 Å².